The fourth-order valence-electron chi connectivity index (χ4n) is 5.83. The molecule has 2 aliphatic rings. The number of ether oxygens (including phenoxy) is 1. The molecule has 11 nitrogen and oxygen atoms in total. The third-order valence-electron chi connectivity index (χ3n) is 8.38. The minimum absolute atomic E-state index is 0.0313. The number of fused-ring (bicyclic) bond motifs is 4. The van der Waals surface area contributed by atoms with Gasteiger partial charge in [0, 0.05) is 40.8 Å². The normalized spacial score (nSPS) is 19.6. The molecule has 4 N–H and O–H groups in total. The zero-order valence-electron chi connectivity index (χ0n) is 26.4. The van der Waals surface area contributed by atoms with E-state index in [-0.39, 0.29) is 34.3 Å². The van der Waals surface area contributed by atoms with Gasteiger partial charge in [-0.15, -0.1) is 0 Å². The Morgan fingerprint density at radius 1 is 1.15 bits per heavy atom. The first-order chi connectivity index (χ1) is 22.5. The van der Waals surface area contributed by atoms with Gasteiger partial charge in [0.25, 0.3) is 5.91 Å². The molecule has 0 saturated carbocycles. The van der Waals surface area contributed by atoms with Gasteiger partial charge in [0.2, 0.25) is 11.5 Å². The number of anilines is 3. The molecule has 0 spiro atoms. The SMILES string of the molecule is CCC1C=NC(C(=O)NC2CCCC(C)C(=O)Nc3cc(NC(=O)OC)ccc3-c3cc2[nH]c(=O)c3)=C(C)N1c1cccc(Cl)c1F. The van der Waals surface area contributed by atoms with Crippen LogP contribution >= 0.6 is 11.6 Å². The highest BCUT2D eigenvalue weighted by Gasteiger charge is 2.31. The fraction of sp³-hybridized carbons (Fsp3) is 0.324. The number of nitrogens with one attached hydrogen (secondary N) is 4. The lowest BCUT2D eigenvalue weighted by Gasteiger charge is -2.35. The number of carbonyl (C=O) groups excluding carboxylic acids is 3. The molecule has 3 unspecified atom stereocenters. The van der Waals surface area contributed by atoms with Gasteiger partial charge in [0.15, 0.2) is 5.82 Å². The maximum Gasteiger partial charge on any atom is 0.411 e. The highest BCUT2D eigenvalue weighted by molar-refractivity contribution is 6.31. The summed E-state index contributed by atoms with van der Waals surface area (Å²) in [5, 5.41) is 8.53. The van der Waals surface area contributed by atoms with E-state index in [1.54, 1.807) is 54.4 Å². The summed E-state index contributed by atoms with van der Waals surface area (Å²) in [6, 6.07) is 11.8. The third-order valence-corrected chi connectivity index (χ3v) is 8.67. The molecular weight excluding hydrogens is 627 g/mol. The molecule has 246 valence electrons. The Morgan fingerprint density at radius 2 is 1.94 bits per heavy atom. The first-order valence-corrected chi connectivity index (χ1v) is 15.7. The Balaban J connectivity index is 1.53. The van der Waals surface area contributed by atoms with Gasteiger partial charge in [-0.2, -0.15) is 0 Å². The summed E-state index contributed by atoms with van der Waals surface area (Å²) in [5.74, 6) is -1.71. The molecule has 2 aromatic carbocycles. The Bertz CT molecular complexity index is 1840. The second kappa shape index (κ2) is 14.2. The van der Waals surface area contributed by atoms with E-state index in [1.165, 1.54) is 19.2 Å². The van der Waals surface area contributed by atoms with Crippen LogP contribution in [0.3, 0.4) is 0 Å². The van der Waals surface area contributed by atoms with Gasteiger partial charge < -0.3 is 25.3 Å². The largest absolute Gasteiger partial charge is 0.453 e. The first-order valence-electron chi connectivity index (χ1n) is 15.3. The highest BCUT2D eigenvalue weighted by Crippen LogP contribution is 2.35. The van der Waals surface area contributed by atoms with Crippen LogP contribution in [0, 0.1) is 11.7 Å². The number of hydrogen-bond acceptors (Lipinski definition) is 7. The first kappa shape index (κ1) is 33.4. The summed E-state index contributed by atoms with van der Waals surface area (Å²) in [7, 11) is 1.25. The second-order valence-electron chi connectivity index (χ2n) is 11.5. The van der Waals surface area contributed by atoms with Crippen LogP contribution in [0.15, 0.2) is 69.7 Å². The Kier molecular flexibility index (Phi) is 10.1. The number of allylic oxidation sites excluding steroid dienone is 1. The minimum atomic E-state index is -0.673. The molecule has 3 atom stereocenters. The number of aromatic amines is 1. The number of aliphatic imine (C=N–C) groups is 1. The summed E-state index contributed by atoms with van der Waals surface area (Å²) >= 11 is 6.10. The van der Waals surface area contributed by atoms with E-state index in [2.05, 4.69) is 30.7 Å². The summed E-state index contributed by atoms with van der Waals surface area (Å²) in [6.07, 6.45) is 3.00. The van der Waals surface area contributed by atoms with E-state index < -0.39 is 29.4 Å². The van der Waals surface area contributed by atoms with E-state index in [4.69, 9.17) is 11.6 Å². The van der Waals surface area contributed by atoms with Gasteiger partial charge in [0.05, 0.1) is 35.6 Å². The Labute approximate surface area is 276 Å². The zero-order chi connectivity index (χ0) is 33.8. The van der Waals surface area contributed by atoms with Crippen molar-refractivity contribution in [2.75, 3.05) is 22.6 Å². The van der Waals surface area contributed by atoms with E-state index in [9.17, 15) is 19.2 Å². The van der Waals surface area contributed by atoms with Crippen molar-refractivity contribution in [2.24, 2.45) is 10.9 Å². The van der Waals surface area contributed by atoms with Crippen LogP contribution in [0.1, 0.15) is 58.2 Å². The van der Waals surface area contributed by atoms with Crippen molar-refractivity contribution < 1.29 is 23.5 Å². The number of halogens is 2. The number of amides is 3. The average molecular weight is 663 g/mol. The van der Waals surface area contributed by atoms with Gasteiger partial charge in [-0.05, 0) is 62.1 Å². The molecule has 0 fully saturated rings. The van der Waals surface area contributed by atoms with Gasteiger partial charge in [-0.1, -0.05) is 44.0 Å². The molecular formula is C34H36ClFN6O5. The lowest BCUT2D eigenvalue weighted by atomic mass is 9.95. The predicted octanol–water partition coefficient (Wildman–Crippen LogP) is 6.53. The molecule has 3 aromatic rings. The van der Waals surface area contributed by atoms with Crippen molar-refractivity contribution >= 4 is 52.8 Å². The molecule has 3 amide bonds. The van der Waals surface area contributed by atoms with Crippen molar-refractivity contribution in [1.29, 1.82) is 0 Å². The van der Waals surface area contributed by atoms with Crippen LogP contribution in [0.4, 0.5) is 26.2 Å². The van der Waals surface area contributed by atoms with Crippen molar-refractivity contribution in [1.82, 2.24) is 10.3 Å². The van der Waals surface area contributed by atoms with Crippen molar-refractivity contribution in [2.45, 2.75) is 58.5 Å². The molecule has 0 radical (unpaired) electrons. The third kappa shape index (κ3) is 7.22. The van der Waals surface area contributed by atoms with E-state index in [0.717, 1.165) is 0 Å². The summed E-state index contributed by atoms with van der Waals surface area (Å²) in [5.41, 5.74) is 2.66. The maximum atomic E-state index is 15.2. The van der Waals surface area contributed by atoms with Crippen LogP contribution in [0.5, 0.6) is 0 Å². The molecule has 13 heteroatoms. The average Bonchev–Trinajstić information content (AvgIpc) is 3.04. The number of carbonyl (C=O) groups is 3. The standard InChI is InChI=1S/C34H36ClFN6O5/c1-5-22-17-37-31(19(3)42(22)28-11-7-9-24(35)30(28)36)33(45)40-25-10-6-8-18(2)32(44)41-26-16-21(38-34(46)47-4)12-13-23(26)20-14-27(25)39-29(43)15-20/h7,9,11-18,22,25H,5-6,8,10H2,1-4H3,(H,38,46)(H,39,43)(H,40,45)(H,41,44). The van der Waals surface area contributed by atoms with E-state index >= 15 is 4.39 Å². The molecule has 5 rings (SSSR count). The molecule has 2 aliphatic heterocycles. The Morgan fingerprint density at radius 3 is 2.68 bits per heavy atom. The molecule has 1 aromatic heterocycles. The second-order valence-corrected chi connectivity index (χ2v) is 12.0. The maximum absolute atomic E-state index is 15.2. The van der Waals surface area contributed by atoms with Crippen molar-refractivity contribution in [3.63, 3.8) is 0 Å². The van der Waals surface area contributed by atoms with Crippen molar-refractivity contribution in [3.05, 3.63) is 86.8 Å². The molecule has 47 heavy (non-hydrogen) atoms. The van der Waals surface area contributed by atoms with Crippen molar-refractivity contribution in [3.8, 4) is 11.1 Å². The van der Waals surface area contributed by atoms with Crippen LogP contribution in [0.2, 0.25) is 5.02 Å². The number of rotatable bonds is 5. The van der Waals surface area contributed by atoms with E-state index in [1.807, 2.05) is 13.8 Å². The number of methoxy groups -OCH3 is 1. The number of pyridine rings is 1. The summed E-state index contributed by atoms with van der Waals surface area (Å²) in [4.78, 5) is 61.0. The quantitative estimate of drug-likeness (QED) is 0.245. The number of nitrogens with zero attached hydrogens (tertiary/aromatic N) is 2. The molecule has 3 heterocycles. The van der Waals surface area contributed by atoms with E-state index in [0.29, 0.717) is 59.6 Å². The Hall–Kier alpha value is -4.97. The lowest BCUT2D eigenvalue weighted by Crippen LogP contribution is -2.41. The lowest BCUT2D eigenvalue weighted by molar-refractivity contribution is -0.120. The highest BCUT2D eigenvalue weighted by atomic mass is 35.5. The predicted molar refractivity (Wildman–Crippen MR) is 180 cm³/mol. The minimum Gasteiger partial charge on any atom is -0.453 e. The van der Waals surface area contributed by atoms with Gasteiger partial charge in [-0.25, -0.2) is 9.18 Å². The number of H-pyrrole nitrogens is 1. The summed E-state index contributed by atoms with van der Waals surface area (Å²) < 4.78 is 19.9. The fourth-order valence-corrected chi connectivity index (χ4v) is 6.00. The van der Waals surface area contributed by atoms with Crippen LogP contribution in [0.25, 0.3) is 11.1 Å². The molecule has 2 bridgehead atoms. The van der Waals surface area contributed by atoms with Gasteiger partial charge >= 0.3 is 6.09 Å². The topological polar surface area (TPSA) is 145 Å². The molecule has 0 saturated heterocycles. The van der Waals surface area contributed by atoms with Crippen LogP contribution in [-0.4, -0.2) is 42.3 Å². The van der Waals surface area contributed by atoms with Gasteiger partial charge in [-0.3, -0.25) is 24.7 Å². The molecule has 0 aliphatic carbocycles. The summed E-state index contributed by atoms with van der Waals surface area (Å²) in [6.45, 7) is 5.46. The smallest absolute Gasteiger partial charge is 0.411 e. The van der Waals surface area contributed by atoms with Crippen LogP contribution in [-0.2, 0) is 14.3 Å². The van der Waals surface area contributed by atoms with Gasteiger partial charge in [0.1, 0.15) is 5.70 Å². The monoisotopic (exact) mass is 662 g/mol. The van der Waals surface area contributed by atoms with Crippen LogP contribution < -0.4 is 26.4 Å². The zero-order valence-corrected chi connectivity index (χ0v) is 27.2. The number of benzene rings is 2. The number of aromatic nitrogens is 1. The number of hydrogen-bond donors (Lipinski definition) is 4.